The third-order valence-corrected chi connectivity index (χ3v) is 6.11. The number of carbonyl (C=O) groups is 1. The number of aromatic nitrogens is 1. The second kappa shape index (κ2) is 10.4. The zero-order valence-corrected chi connectivity index (χ0v) is 19.1. The van der Waals surface area contributed by atoms with E-state index in [0.717, 1.165) is 17.8 Å². The van der Waals surface area contributed by atoms with Crippen molar-refractivity contribution in [2.24, 2.45) is 0 Å². The van der Waals surface area contributed by atoms with Crippen molar-refractivity contribution >= 4 is 29.2 Å². The Balaban J connectivity index is 1.39. The van der Waals surface area contributed by atoms with Crippen molar-refractivity contribution in [2.75, 3.05) is 23.4 Å². The fourth-order valence-corrected chi connectivity index (χ4v) is 4.27. The zero-order valence-electron chi connectivity index (χ0n) is 18.3. The Hall–Kier alpha value is -3.24. The minimum absolute atomic E-state index is 0.118. The Kier molecular flexibility index (Phi) is 7.28. The third kappa shape index (κ3) is 6.42. The van der Waals surface area contributed by atoms with Gasteiger partial charge in [-0.3, -0.25) is 15.2 Å². The molecule has 0 aliphatic carbocycles. The second-order valence-electron chi connectivity index (χ2n) is 7.86. The van der Waals surface area contributed by atoms with Gasteiger partial charge in [0.1, 0.15) is 5.75 Å². The number of halogens is 3. The van der Waals surface area contributed by atoms with Crippen LogP contribution < -0.4 is 15.0 Å². The Morgan fingerprint density at radius 1 is 1.15 bits per heavy atom. The van der Waals surface area contributed by atoms with Crippen molar-refractivity contribution in [1.29, 1.82) is 0 Å². The summed E-state index contributed by atoms with van der Waals surface area (Å²) in [6.45, 7) is 3.98. The SMILES string of the molecule is CC1CN(c2ccc(SC(F)(F)F)cc2)CN1Cc1ccncc1NC(=O)Oc1ccccc1. The topological polar surface area (TPSA) is 57.7 Å². The largest absolute Gasteiger partial charge is 0.446 e. The fraction of sp³-hybridized carbons (Fsp3) is 0.250. The van der Waals surface area contributed by atoms with Crippen LogP contribution in [0.25, 0.3) is 0 Å². The second-order valence-corrected chi connectivity index (χ2v) is 9.00. The molecule has 178 valence electrons. The van der Waals surface area contributed by atoms with Crippen molar-refractivity contribution in [1.82, 2.24) is 9.88 Å². The molecule has 1 aliphatic rings. The lowest BCUT2D eigenvalue weighted by atomic mass is 10.2. The van der Waals surface area contributed by atoms with Crippen molar-refractivity contribution in [2.45, 2.75) is 29.9 Å². The van der Waals surface area contributed by atoms with Crippen molar-refractivity contribution in [3.8, 4) is 5.75 Å². The lowest BCUT2D eigenvalue weighted by Gasteiger charge is -2.22. The number of para-hydroxylation sites is 1. The highest BCUT2D eigenvalue weighted by molar-refractivity contribution is 8.00. The van der Waals surface area contributed by atoms with E-state index < -0.39 is 11.6 Å². The molecule has 3 aromatic rings. The molecule has 10 heteroatoms. The van der Waals surface area contributed by atoms with Crippen LogP contribution in [0.5, 0.6) is 5.75 Å². The number of carbonyl (C=O) groups excluding carboxylic acids is 1. The molecular weight excluding hydrogens is 465 g/mol. The van der Waals surface area contributed by atoms with Gasteiger partial charge >= 0.3 is 11.6 Å². The van der Waals surface area contributed by atoms with Gasteiger partial charge in [-0.15, -0.1) is 0 Å². The Bertz CT molecular complexity index is 1110. The third-order valence-electron chi connectivity index (χ3n) is 5.37. The van der Waals surface area contributed by atoms with E-state index in [-0.39, 0.29) is 22.7 Å². The molecule has 1 atom stereocenters. The lowest BCUT2D eigenvalue weighted by Crippen LogP contribution is -2.29. The van der Waals surface area contributed by atoms with Crippen LogP contribution in [0, 0.1) is 0 Å². The first-order valence-corrected chi connectivity index (χ1v) is 11.4. The summed E-state index contributed by atoms with van der Waals surface area (Å²) >= 11 is -0.118. The van der Waals surface area contributed by atoms with Crippen molar-refractivity contribution < 1.29 is 22.7 Å². The molecule has 2 heterocycles. The predicted octanol–water partition coefficient (Wildman–Crippen LogP) is 5.97. The highest BCUT2D eigenvalue weighted by Crippen LogP contribution is 2.37. The van der Waals surface area contributed by atoms with Crippen LogP contribution in [0.2, 0.25) is 0 Å². The molecule has 1 unspecified atom stereocenters. The molecule has 0 radical (unpaired) electrons. The summed E-state index contributed by atoms with van der Waals surface area (Å²) in [5.41, 5.74) is -2.00. The first-order valence-electron chi connectivity index (χ1n) is 10.6. The molecular formula is C24H23F3N4O2S. The van der Waals surface area contributed by atoms with E-state index in [9.17, 15) is 18.0 Å². The molecule has 4 rings (SSSR count). The highest BCUT2D eigenvalue weighted by Gasteiger charge is 2.30. The van der Waals surface area contributed by atoms with Crippen LogP contribution in [0.1, 0.15) is 12.5 Å². The van der Waals surface area contributed by atoms with Gasteiger partial charge in [0, 0.05) is 35.9 Å². The highest BCUT2D eigenvalue weighted by atomic mass is 32.2. The number of ether oxygens (including phenoxy) is 1. The van der Waals surface area contributed by atoms with Gasteiger partial charge in [0.25, 0.3) is 0 Å². The predicted molar refractivity (Wildman–Crippen MR) is 126 cm³/mol. The summed E-state index contributed by atoms with van der Waals surface area (Å²) in [5, 5.41) is 2.76. The summed E-state index contributed by atoms with van der Waals surface area (Å²) in [6, 6.07) is 17.2. The van der Waals surface area contributed by atoms with Crippen LogP contribution in [0.15, 0.2) is 78.0 Å². The Labute approximate surface area is 199 Å². The summed E-state index contributed by atoms with van der Waals surface area (Å²) < 4.78 is 43.0. The molecule has 1 aromatic heterocycles. The zero-order chi connectivity index (χ0) is 24.1. The Morgan fingerprint density at radius 2 is 1.88 bits per heavy atom. The molecule has 6 nitrogen and oxygen atoms in total. The maximum absolute atomic E-state index is 12.6. The van der Waals surface area contributed by atoms with Crippen LogP contribution in [-0.2, 0) is 6.54 Å². The lowest BCUT2D eigenvalue weighted by molar-refractivity contribution is -0.0328. The van der Waals surface area contributed by atoms with Gasteiger partial charge in [-0.05, 0) is 66.7 Å². The molecule has 34 heavy (non-hydrogen) atoms. The number of rotatable bonds is 6. The van der Waals surface area contributed by atoms with Gasteiger partial charge in [-0.25, -0.2) is 4.79 Å². The summed E-state index contributed by atoms with van der Waals surface area (Å²) in [7, 11) is 0. The van der Waals surface area contributed by atoms with E-state index in [0.29, 0.717) is 24.7 Å². The van der Waals surface area contributed by atoms with E-state index >= 15 is 0 Å². The minimum Gasteiger partial charge on any atom is -0.410 e. The summed E-state index contributed by atoms with van der Waals surface area (Å²) in [6.07, 6.45) is 2.64. The van der Waals surface area contributed by atoms with Gasteiger partial charge in [0.2, 0.25) is 0 Å². The number of alkyl halides is 3. The van der Waals surface area contributed by atoms with Crippen LogP contribution >= 0.6 is 11.8 Å². The number of thioether (sulfide) groups is 1. The smallest absolute Gasteiger partial charge is 0.410 e. The fourth-order valence-electron chi connectivity index (χ4n) is 3.73. The quantitative estimate of drug-likeness (QED) is 0.432. The standard InChI is InChI=1S/C24H23F3N4O2S/c1-17-14-31(19-7-9-21(10-8-19)34-24(25,26)27)16-30(17)15-18-11-12-28-13-22(18)29-23(32)33-20-5-3-2-4-6-20/h2-13,17H,14-16H2,1H3,(H,29,32). The molecule has 0 saturated carbocycles. The number of anilines is 2. The van der Waals surface area contributed by atoms with Crippen LogP contribution in [0.3, 0.4) is 0 Å². The molecule has 2 aromatic carbocycles. The molecule has 0 spiro atoms. The van der Waals surface area contributed by atoms with Gasteiger partial charge in [-0.2, -0.15) is 13.2 Å². The van der Waals surface area contributed by atoms with Crippen molar-refractivity contribution in [3.63, 3.8) is 0 Å². The maximum atomic E-state index is 12.6. The number of pyridine rings is 1. The molecule has 1 saturated heterocycles. The average Bonchev–Trinajstić information content (AvgIpc) is 3.15. The summed E-state index contributed by atoms with van der Waals surface area (Å²) in [4.78, 5) is 20.9. The van der Waals surface area contributed by atoms with Gasteiger partial charge in [0.15, 0.2) is 0 Å². The Morgan fingerprint density at radius 3 is 2.59 bits per heavy atom. The number of nitrogens with one attached hydrogen (secondary N) is 1. The van der Waals surface area contributed by atoms with Crippen LogP contribution in [-0.4, -0.2) is 40.7 Å². The number of hydrogen-bond acceptors (Lipinski definition) is 6. The minimum atomic E-state index is -4.30. The van der Waals surface area contributed by atoms with E-state index in [1.165, 1.54) is 12.1 Å². The van der Waals surface area contributed by atoms with Crippen LogP contribution in [0.4, 0.5) is 29.3 Å². The normalized spacial score (nSPS) is 16.5. The van der Waals surface area contributed by atoms with Gasteiger partial charge in [0.05, 0.1) is 18.6 Å². The van der Waals surface area contributed by atoms with E-state index in [2.05, 4.69) is 27.0 Å². The van der Waals surface area contributed by atoms with Crippen molar-refractivity contribution in [3.05, 3.63) is 78.6 Å². The maximum Gasteiger partial charge on any atom is 0.446 e. The van der Waals surface area contributed by atoms with E-state index in [4.69, 9.17) is 4.74 Å². The first kappa shape index (κ1) is 23.9. The number of amides is 1. The molecule has 1 N–H and O–H groups in total. The molecule has 1 aliphatic heterocycles. The molecule has 1 amide bonds. The monoisotopic (exact) mass is 488 g/mol. The molecule has 0 bridgehead atoms. The van der Waals surface area contributed by atoms with Gasteiger partial charge < -0.3 is 9.64 Å². The average molecular weight is 489 g/mol. The van der Waals surface area contributed by atoms with E-state index in [1.807, 2.05) is 12.1 Å². The van der Waals surface area contributed by atoms with Gasteiger partial charge in [-0.1, -0.05) is 18.2 Å². The number of benzene rings is 2. The van der Waals surface area contributed by atoms with E-state index in [1.54, 1.807) is 48.8 Å². The summed E-state index contributed by atoms with van der Waals surface area (Å²) in [5.74, 6) is 0.439. The first-order chi connectivity index (χ1) is 16.3. The molecule has 1 fully saturated rings. The number of hydrogen-bond donors (Lipinski definition) is 1. The number of nitrogens with zero attached hydrogens (tertiary/aromatic N) is 3.